The minimum absolute atomic E-state index is 0.0312. The number of benzene rings is 2. The Morgan fingerprint density at radius 2 is 1.85 bits per heavy atom. The van der Waals surface area contributed by atoms with Gasteiger partial charge < -0.3 is 20.7 Å². The van der Waals surface area contributed by atoms with Gasteiger partial charge in [-0.25, -0.2) is 4.39 Å². The fraction of sp³-hybridized carbons (Fsp3) is 0.300. The molecule has 2 aromatic carbocycles. The fourth-order valence-corrected chi connectivity index (χ4v) is 2.54. The van der Waals surface area contributed by atoms with E-state index in [0.29, 0.717) is 17.0 Å². The lowest BCUT2D eigenvalue weighted by molar-refractivity contribution is -0.123. The molecule has 0 aliphatic carbocycles. The number of methoxy groups -OCH3 is 1. The van der Waals surface area contributed by atoms with E-state index in [4.69, 9.17) is 4.74 Å². The number of amides is 2. The minimum Gasteiger partial charge on any atom is -0.495 e. The molecule has 144 valence electrons. The summed E-state index contributed by atoms with van der Waals surface area (Å²) in [6, 6.07) is 11.5. The Labute approximate surface area is 158 Å². The van der Waals surface area contributed by atoms with Crippen LogP contribution in [0.25, 0.3) is 0 Å². The smallest absolute Gasteiger partial charge is 0.243 e. The lowest BCUT2D eigenvalue weighted by Gasteiger charge is -2.15. The normalized spacial score (nSPS) is 11.6. The van der Waals surface area contributed by atoms with Gasteiger partial charge in [0.15, 0.2) is 0 Å². The van der Waals surface area contributed by atoms with Gasteiger partial charge in [0.25, 0.3) is 0 Å². The van der Waals surface area contributed by atoms with Crippen LogP contribution in [-0.4, -0.2) is 32.0 Å². The van der Waals surface area contributed by atoms with Gasteiger partial charge in [-0.15, -0.1) is 0 Å². The van der Waals surface area contributed by atoms with Crippen molar-refractivity contribution in [3.05, 3.63) is 59.4 Å². The second kappa shape index (κ2) is 9.68. The summed E-state index contributed by atoms with van der Waals surface area (Å²) in [6.45, 7) is 3.46. The Balaban J connectivity index is 1.79. The highest BCUT2D eigenvalue weighted by Crippen LogP contribution is 2.24. The van der Waals surface area contributed by atoms with Crippen molar-refractivity contribution in [3.8, 4) is 5.75 Å². The van der Waals surface area contributed by atoms with Crippen LogP contribution < -0.4 is 20.7 Å². The summed E-state index contributed by atoms with van der Waals surface area (Å²) in [7, 11) is 1.52. The first kappa shape index (κ1) is 20.4. The predicted molar refractivity (Wildman–Crippen MR) is 102 cm³/mol. The molecule has 0 fully saturated rings. The summed E-state index contributed by atoms with van der Waals surface area (Å²) >= 11 is 0. The molecule has 3 N–H and O–H groups in total. The molecule has 0 saturated heterocycles. The van der Waals surface area contributed by atoms with Crippen LogP contribution in [0.15, 0.2) is 42.5 Å². The molecule has 27 heavy (non-hydrogen) atoms. The Hall–Kier alpha value is -2.93. The standard InChI is InChI=1S/C20H24FN3O3/c1-13-8-9-18(27-3)17(10-13)24-20(26)12-23-19(25)11-22-14(2)15-6-4-5-7-16(15)21/h4-10,14,22H,11-12H2,1-3H3,(H,23,25)(H,24,26). The first-order valence-electron chi connectivity index (χ1n) is 8.59. The van der Waals surface area contributed by atoms with Crippen molar-refractivity contribution in [2.24, 2.45) is 0 Å². The predicted octanol–water partition coefficient (Wildman–Crippen LogP) is 2.55. The highest BCUT2D eigenvalue weighted by molar-refractivity contribution is 5.96. The number of hydrogen-bond donors (Lipinski definition) is 3. The van der Waals surface area contributed by atoms with Crippen LogP contribution in [-0.2, 0) is 9.59 Å². The van der Waals surface area contributed by atoms with Gasteiger partial charge in [-0.05, 0) is 37.6 Å². The largest absolute Gasteiger partial charge is 0.495 e. The van der Waals surface area contributed by atoms with E-state index >= 15 is 0 Å². The second-order valence-electron chi connectivity index (χ2n) is 6.15. The van der Waals surface area contributed by atoms with Crippen molar-refractivity contribution in [2.45, 2.75) is 19.9 Å². The van der Waals surface area contributed by atoms with E-state index in [1.54, 1.807) is 37.3 Å². The van der Waals surface area contributed by atoms with Crippen molar-refractivity contribution in [3.63, 3.8) is 0 Å². The topological polar surface area (TPSA) is 79.5 Å². The van der Waals surface area contributed by atoms with Crippen LogP contribution in [0, 0.1) is 12.7 Å². The third kappa shape index (κ3) is 6.07. The Bertz CT molecular complexity index is 811. The third-order valence-electron chi connectivity index (χ3n) is 4.02. The second-order valence-corrected chi connectivity index (χ2v) is 6.15. The molecule has 0 radical (unpaired) electrons. The summed E-state index contributed by atoms with van der Waals surface area (Å²) in [5.41, 5.74) is 2.00. The zero-order chi connectivity index (χ0) is 19.8. The third-order valence-corrected chi connectivity index (χ3v) is 4.02. The molecule has 7 heteroatoms. The molecular weight excluding hydrogens is 349 g/mol. The Morgan fingerprint density at radius 1 is 1.11 bits per heavy atom. The van der Waals surface area contributed by atoms with E-state index in [2.05, 4.69) is 16.0 Å². The quantitative estimate of drug-likeness (QED) is 0.664. The molecule has 0 saturated carbocycles. The average Bonchev–Trinajstić information content (AvgIpc) is 2.65. The number of carbonyl (C=O) groups excluding carboxylic acids is 2. The molecule has 0 aliphatic rings. The van der Waals surface area contributed by atoms with Crippen molar-refractivity contribution in [1.82, 2.24) is 10.6 Å². The number of rotatable bonds is 8. The van der Waals surface area contributed by atoms with Crippen molar-refractivity contribution in [2.75, 3.05) is 25.5 Å². The molecule has 2 amide bonds. The van der Waals surface area contributed by atoms with Crippen molar-refractivity contribution in [1.29, 1.82) is 0 Å². The lowest BCUT2D eigenvalue weighted by atomic mass is 10.1. The SMILES string of the molecule is COc1ccc(C)cc1NC(=O)CNC(=O)CNC(C)c1ccccc1F. The number of ether oxygens (including phenoxy) is 1. The van der Waals surface area contributed by atoms with Crippen LogP contribution in [0.4, 0.5) is 10.1 Å². The molecule has 0 aliphatic heterocycles. The average molecular weight is 373 g/mol. The van der Waals surface area contributed by atoms with Crippen LogP contribution in [0.1, 0.15) is 24.1 Å². The van der Waals surface area contributed by atoms with Crippen molar-refractivity contribution < 1.29 is 18.7 Å². The van der Waals surface area contributed by atoms with Gasteiger partial charge in [0, 0.05) is 11.6 Å². The van der Waals surface area contributed by atoms with E-state index in [9.17, 15) is 14.0 Å². The fourth-order valence-electron chi connectivity index (χ4n) is 2.54. The molecule has 0 heterocycles. The zero-order valence-electron chi connectivity index (χ0n) is 15.6. The maximum atomic E-state index is 13.7. The van der Waals surface area contributed by atoms with E-state index in [0.717, 1.165) is 5.56 Å². The number of carbonyl (C=O) groups is 2. The first-order valence-corrected chi connectivity index (χ1v) is 8.59. The van der Waals surface area contributed by atoms with E-state index in [1.165, 1.54) is 13.2 Å². The van der Waals surface area contributed by atoms with Gasteiger partial charge in [-0.3, -0.25) is 9.59 Å². The molecule has 6 nitrogen and oxygen atoms in total. The zero-order valence-corrected chi connectivity index (χ0v) is 15.6. The summed E-state index contributed by atoms with van der Waals surface area (Å²) in [5, 5.41) is 8.17. The molecule has 2 aromatic rings. The van der Waals surface area contributed by atoms with Crippen molar-refractivity contribution >= 4 is 17.5 Å². The molecular formula is C20H24FN3O3. The van der Waals surface area contributed by atoms with Gasteiger partial charge in [0.2, 0.25) is 11.8 Å². The number of halogens is 1. The van der Waals surface area contributed by atoms with Gasteiger partial charge in [0.05, 0.1) is 25.9 Å². The molecule has 0 bridgehead atoms. The molecule has 1 atom stereocenters. The van der Waals surface area contributed by atoms with E-state index in [1.807, 2.05) is 13.0 Å². The molecule has 2 rings (SSSR count). The minimum atomic E-state index is -0.366. The number of nitrogens with one attached hydrogen (secondary N) is 3. The van der Waals surface area contributed by atoms with E-state index < -0.39 is 0 Å². The lowest BCUT2D eigenvalue weighted by Crippen LogP contribution is -2.39. The maximum Gasteiger partial charge on any atom is 0.243 e. The summed E-state index contributed by atoms with van der Waals surface area (Å²) in [4.78, 5) is 24.0. The van der Waals surface area contributed by atoms with Gasteiger partial charge in [0.1, 0.15) is 11.6 Å². The van der Waals surface area contributed by atoms with Gasteiger partial charge in [-0.2, -0.15) is 0 Å². The number of hydrogen-bond acceptors (Lipinski definition) is 4. The van der Waals surface area contributed by atoms with Gasteiger partial charge in [-0.1, -0.05) is 24.3 Å². The van der Waals surface area contributed by atoms with Gasteiger partial charge >= 0.3 is 0 Å². The number of anilines is 1. The summed E-state index contributed by atoms with van der Waals surface area (Å²) < 4.78 is 18.9. The number of aryl methyl sites for hydroxylation is 1. The Kier molecular flexibility index (Phi) is 7.31. The van der Waals surface area contributed by atoms with Crippen LogP contribution in [0.3, 0.4) is 0 Å². The van der Waals surface area contributed by atoms with Crippen LogP contribution in [0.2, 0.25) is 0 Å². The maximum absolute atomic E-state index is 13.7. The summed E-state index contributed by atoms with van der Waals surface area (Å²) in [5.74, 6) is -0.510. The Morgan fingerprint density at radius 3 is 2.56 bits per heavy atom. The highest BCUT2D eigenvalue weighted by Gasteiger charge is 2.13. The van der Waals surface area contributed by atoms with E-state index in [-0.39, 0.29) is 36.8 Å². The molecule has 1 unspecified atom stereocenters. The van der Waals surface area contributed by atoms with Crippen LogP contribution >= 0.6 is 0 Å². The highest BCUT2D eigenvalue weighted by atomic mass is 19.1. The van der Waals surface area contributed by atoms with Crippen LogP contribution in [0.5, 0.6) is 5.75 Å². The summed E-state index contributed by atoms with van der Waals surface area (Å²) in [6.07, 6.45) is 0. The first-order chi connectivity index (χ1) is 12.9. The molecule has 0 aromatic heterocycles. The monoisotopic (exact) mass is 373 g/mol. The molecule has 0 spiro atoms.